The van der Waals surface area contributed by atoms with Crippen LogP contribution >= 0.6 is 0 Å². The van der Waals surface area contributed by atoms with Crippen LogP contribution in [0, 0.1) is 0 Å². The average Bonchev–Trinajstić information content (AvgIpc) is 1.27. The van der Waals surface area contributed by atoms with Gasteiger partial charge in [-0.2, -0.15) is 8.42 Å². The summed E-state index contributed by atoms with van der Waals surface area (Å²) in [7, 11) is -4.67. The molecule has 0 aromatic rings. The van der Waals surface area contributed by atoms with E-state index in [1.54, 1.807) is 6.92 Å². The van der Waals surface area contributed by atoms with Crippen molar-refractivity contribution in [3.8, 4) is 0 Å². The fourth-order valence-electron chi connectivity index (χ4n) is 0. The zero-order chi connectivity index (χ0) is 7.21. The van der Waals surface area contributed by atoms with E-state index in [0.717, 1.165) is 0 Å². The van der Waals surface area contributed by atoms with E-state index in [0.29, 0.717) is 0 Å². The van der Waals surface area contributed by atoms with Crippen LogP contribution < -0.4 is 12.3 Å². The Bertz CT molecular complexity index is 112. The van der Waals surface area contributed by atoms with Crippen LogP contribution in [0.1, 0.15) is 6.92 Å². The van der Waals surface area contributed by atoms with Gasteiger partial charge < -0.3 is 17.4 Å². The van der Waals surface area contributed by atoms with E-state index >= 15 is 0 Å². The van der Waals surface area contributed by atoms with Crippen molar-refractivity contribution in [1.29, 1.82) is 0 Å². The first-order valence-electron chi connectivity index (χ1n) is 1.72. The van der Waals surface area contributed by atoms with Crippen LogP contribution in [0.25, 0.3) is 0 Å². The summed E-state index contributed by atoms with van der Waals surface area (Å²) in [5.41, 5.74) is 0. The Morgan fingerprint density at radius 2 is 1.20 bits per heavy atom. The van der Waals surface area contributed by atoms with Crippen molar-refractivity contribution in [3.05, 3.63) is 0 Å². The van der Waals surface area contributed by atoms with Crippen LogP contribution in [0.4, 0.5) is 0 Å². The first-order chi connectivity index (χ1) is 3.41. The zero-order valence-electron chi connectivity index (χ0n) is 5.69. The molecule has 0 rings (SSSR count). The smallest absolute Gasteiger partial charge is 0.394 e. The number of hydrogen-bond donors (Lipinski definition) is 5. The van der Waals surface area contributed by atoms with Gasteiger partial charge in [0.05, 0.1) is 0 Å². The summed E-state index contributed by atoms with van der Waals surface area (Å²) in [4.78, 5) is 0. The third kappa shape index (κ3) is 5650. The van der Waals surface area contributed by atoms with Gasteiger partial charge >= 0.3 is 10.4 Å². The van der Waals surface area contributed by atoms with Crippen LogP contribution in [-0.4, -0.2) is 29.2 Å². The summed E-state index contributed by atoms with van der Waals surface area (Å²) in [5, 5.41) is 7.57. The second-order valence-corrected chi connectivity index (χ2v) is 1.66. The van der Waals surface area contributed by atoms with Crippen molar-refractivity contribution >= 4 is 10.4 Å². The molecular weight excluding hydrogens is 164 g/mol. The second kappa shape index (κ2) is 11.5. The molecule has 0 spiro atoms. The predicted octanol–water partition coefficient (Wildman–Crippen LogP) is -0.330. The van der Waals surface area contributed by atoms with E-state index in [9.17, 15) is 0 Å². The molecule has 0 heterocycles. The van der Waals surface area contributed by atoms with Gasteiger partial charge in [0.25, 0.3) is 0 Å². The molecule has 0 amide bonds. The standard InChI is InChI=1S/C2H6O.2H3N.H2O4S/c1-2-3;;;1-5(2,3)4/h3H,2H2,1H3;2*1H3;(H2,1,2,3,4). The Balaban J connectivity index is -0.0000000326. The average molecular weight is 178 g/mol. The maximum atomic E-state index is 8.74. The van der Waals surface area contributed by atoms with Gasteiger partial charge in [0.15, 0.2) is 0 Å². The minimum atomic E-state index is -4.67. The van der Waals surface area contributed by atoms with E-state index in [-0.39, 0.29) is 18.9 Å². The molecule has 0 aliphatic rings. The van der Waals surface area contributed by atoms with Gasteiger partial charge in [-0.1, -0.05) is 0 Å². The molecule has 0 aliphatic carbocycles. The van der Waals surface area contributed by atoms with Crippen molar-refractivity contribution in [3.63, 3.8) is 0 Å². The van der Waals surface area contributed by atoms with Gasteiger partial charge in [-0.15, -0.1) is 0 Å². The molecule has 8 heteroatoms. The topological polar surface area (TPSA) is 165 Å². The fraction of sp³-hybridized carbons (Fsp3) is 1.00. The van der Waals surface area contributed by atoms with Crippen molar-refractivity contribution in [2.24, 2.45) is 0 Å². The molecule has 0 saturated carbocycles. The Labute approximate surface area is 59.8 Å². The predicted molar refractivity (Wildman–Crippen MR) is 37.0 cm³/mol. The third-order valence-corrected chi connectivity index (χ3v) is 0. The fourth-order valence-corrected chi connectivity index (χ4v) is 0. The molecule has 0 bridgehead atoms. The highest BCUT2D eigenvalue weighted by molar-refractivity contribution is 7.79. The Hall–Kier alpha value is -0.250. The minimum Gasteiger partial charge on any atom is -0.397 e. The molecule has 10 heavy (non-hydrogen) atoms. The maximum absolute atomic E-state index is 8.74. The quantitative estimate of drug-likeness (QED) is 0.316. The molecule has 0 fully saturated rings. The van der Waals surface area contributed by atoms with Gasteiger partial charge in [-0.3, -0.25) is 9.11 Å². The summed E-state index contributed by atoms with van der Waals surface area (Å²) >= 11 is 0. The molecular formula is C2H14N2O5S. The van der Waals surface area contributed by atoms with Gasteiger partial charge in [0.1, 0.15) is 0 Å². The molecule has 0 unspecified atom stereocenters. The van der Waals surface area contributed by atoms with Crippen LogP contribution in [0.5, 0.6) is 0 Å². The summed E-state index contributed by atoms with van der Waals surface area (Å²) < 4.78 is 31.6. The van der Waals surface area contributed by atoms with Crippen molar-refractivity contribution in [1.82, 2.24) is 12.3 Å². The van der Waals surface area contributed by atoms with Gasteiger partial charge in [-0.05, 0) is 6.92 Å². The van der Waals surface area contributed by atoms with Crippen LogP contribution in [0.2, 0.25) is 0 Å². The summed E-state index contributed by atoms with van der Waals surface area (Å²) in [5.74, 6) is 0. The molecule has 68 valence electrons. The maximum Gasteiger partial charge on any atom is 0.394 e. The number of aliphatic hydroxyl groups excluding tert-OH is 1. The molecule has 0 radical (unpaired) electrons. The summed E-state index contributed by atoms with van der Waals surface area (Å²) in [6.07, 6.45) is 0. The van der Waals surface area contributed by atoms with Crippen LogP contribution in [0.3, 0.4) is 0 Å². The Kier molecular flexibility index (Phi) is 26.0. The minimum absolute atomic E-state index is 0. The highest BCUT2D eigenvalue weighted by atomic mass is 32.3. The van der Waals surface area contributed by atoms with E-state index in [1.807, 2.05) is 0 Å². The van der Waals surface area contributed by atoms with E-state index < -0.39 is 10.4 Å². The monoisotopic (exact) mass is 178 g/mol. The molecule has 0 aromatic heterocycles. The third-order valence-electron chi connectivity index (χ3n) is 0. The van der Waals surface area contributed by atoms with Gasteiger partial charge in [-0.25, -0.2) is 0 Å². The van der Waals surface area contributed by atoms with E-state index in [4.69, 9.17) is 22.6 Å². The lowest BCUT2D eigenvalue weighted by Gasteiger charge is -1.68. The first kappa shape index (κ1) is 22.6. The van der Waals surface area contributed by atoms with Crippen LogP contribution in [0.15, 0.2) is 0 Å². The lowest BCUT2D eigenvalue weighted by Crippen LogP contribution is -1.89. The zero-order valence-corrected chi connectivity index (χ0v) is 6.50. The van der Waals surface area contributed by atoms with Crippen molar-refractivity contribution < 1.29 is 22.6 Å². The summed E-state index contributed by atoms with van der Waals surface area (Å²) in [6, 6.07) is 0. The normalized spacial score (nSPS) is 7.60. The van der Waals surface area contributed by atoms with Gasteiger partial charge in [0.2, 0.25) is 0 Å². The number of hydrogen-bond acceptors (Lipinski definition) is 5. The summed E-state index contributed by atoms with van der Waals surface area (Å²) in [6.45, 7) is 1.93. The largest absolute Gasteiger partial charge is 0.397 e. The lowest BCUT2D eigenvalue weighted by atomic mass is 10.9. The van der Waals surface area contributed by atoms with Crippen molar-refractivity contribution in [2.75, 3.05) is 6.61 Å². The molecule has 0 aromatic carbocycles. The van der Waals surface area contributed by atoms with Crippen molar-refractivity contribution in [2.45, 2.75) is 6.92 Å². The number of aliphatic hydroxyl groups is 1. The highest BCUT2D eigenvalue weighted by Gasteiger charge is 1.84. The molecule has 0 saturated heterocycles. The van der Waals surface area contributed by atoms with Crippen LogP contribution in [-0.2, 0) is 10.4 Å². The Morgan fingerprint density at radius 3 is 1.20 bits per heavy atom. The lowest BCUT2D eigenvalue weighted by molar-refractivity contribution is 0.318. The molecule has 7 nitrogen and oxygen atoms in total. The molecule has 0 aliphatic heterocycles. The molecule has 9 N–H and O–H groups in total. The SMILES string of the molecule is CCO.N.N.O=S(=O)(O)O. The first-order valence-corrected chi connectivity index (χ1v) is 3.12. The highest BCUT2D eigenvalue weighted by Crippen LogP contribution is 1.59. The van der Waals surface area contributed by atoms with E-state index in [1.165, 1.54) is 0 Å². The van der Waals surface area contributed by atoms with Gasteiger partial charge in [0, 0.05) is 6.61 Å². The number of rotatable bonds is 0. The molecule has 0 atom stereocenters. The second-order valence-electron chi connectivity index (χ2n) is 0.764. The Morgan fingerprint density at radius 1 is 1.20 bits per heavy atom. The van der Waals surface area contributed by atoms with E-state index in [2.05, 4.69) is 0 Å².